The molecule has 0 rings (SSSR count). The minimum absolute atomic E-state index is 0.142. The SMILES string of the molecule is CC/C=C\C/C=C\C/C=C\C/C=C\CCCCCCCCCCCCCCC(=O)OC(COC(=O)CCCCCCC/C=C\C/C=C\CCCCCC)COC(OCC[N+](C)(C)C)C(=O)[O-]. The van der Waals surface area contributed by atoms with Gasteiger partial charge in [-0.25, -0.2) is 0 Å². The summed E-state index contributed by atoms with van der Waals surface area (Å²) in [5.41, 5.74) is 0. The van der Waals surface area contributed by atoms with E-state index >= 15 is 0 Å². The van der Waals surface area contributed by atoms with Crippen LogP contribution in [0, 0.1) is 0 Å². The number of likely N-dealkylation sites (N-methyl/N-ethyl adjacent to an activating group) is 1. The number of hydrogen-bond donors (Lipinski definition) is 0. The van der Waals surface area contributed by atoms with Crippen LogP contribution in [0.3, 0.4) is 0 Å². The molecule has 0 N–H and O–H groups in total. The highest BCUT2D eigenvalue weighted by atomic mass is 16.7. The molecule has 9 nitrogen and oxygen atoms in total. The van der Waals surface area contributed by atoms with Gasteiger partial charge in [0, 0.05) is 12.8 Å². The molecule has 66 heavy (non-hydrogen) atoms. The summed E-state index contributed by atoms with van der Waals surface area (Å²) in [6.45, 7) is 4.60. The number of quaternary nitrogens is 1. The zero-order valence-corrected chi connectivity index (χ0v) is 43.0. The summed E-state index contributed by atoms with van der Waals surface area (Å²) < 4.78 is 22.6. The van der Waals surface area contributed by atoms with E-state index in [1.165, 1.54) is 89.9 Å². The molecule has 0 aromatic rings. The first-order chi connectivity index (χ1) is 32.1. The molecule has 0 saturated carbocycles. The standard InChI is InChI=1S/C57H99NO8/c1-6-8-10-12-14-16-18-20-22-24-25-26-27-28-29-30-31-32-34-36-38-40-42-44-46-48-55(60)66-53(52-65-57(56(61)62)63-50-49-58(3,4)5)51-64-54(59)47-45-43-41-39-37-35-33-23-21-19-17-15-13-11-9-7-2/h8,10,14,16-17,19-20,22-23,25-26,33,53,57H,6-7,9,11-13,15,18,21,24,27-32,34-52H2,1-5H3/b10-8-,16-14-,19-17-,22-20-,26-25-,33-23-. The van der Waals surface area contributed by atoms with Gasteiger partial charge in [0.05, 0.1) is 40.3 Å². The average Bonchev–Trinajstić information content (AvgIpc) is 3.28. The summed E-state index contributed by atoms with van der Waals surface area (Å²) in [4.78, 5) is 37.2. The van der Waals surface area contributed by atoms with Crippen LogP contribution in [-0.4, -0.2) is 82.3 Å². The Hall–Kier alpha value is -3.27. The van der Waals surface area contributed by atoms with Crippen LogP contribution in [0.1, 0.15) is 213 Å². The second-order valence-electron chi connectivity index (χ2n) is 18.8. The molecule has 0 spiro atoms. The van der Waals surface area contributed by atoms with E-state index in [-0.39, 0.29) is 38.6 Å². The van der Waals surface area contributed by atoms with Crippen molar-refractivity contribution in [3.63, 3.8) is 0 Å². The van der Waals surface area contributed by atoms with Gasteiger partial charge in [0.1, 0.15) is 13.2 Å². The lowest BCUT2D eigenvalue weighted by molar-refractivity contribution is -0.870. The molecule has 2 unspecified atom stereocenters. The minimum Gasteiger partial charge on any atom is -0.545 e. The summed E-state index contributed by atoms with van der Waals surface area (Å²) in [5, 5.41) is 11.7. The molecule has 0 aliphatic heterocycles. The predicted octanol–water partition coefficient (Wildman–Crippen LogP) is 13.7. The molecule has 380 valence electrons. The van der Waals surface area contributed by atoms with Crippen molar-refractivity contribution < 1.29 is 42.9 Å². The van der Waals surface area contributed by atoms with E-state index in [0.717, 1.165) is 89.9 Å². The second kappa shape index (κ2) is 48.2. The number of carbonyl (C=O) groups is 3. The first-order valence-corrected chi connectivity index (χ1v) is 26.6. The van der Waals surface area contributed by atoms with E-state index in [9.17, 15) is 19.5 Å². The van der Waals surface area contributed by atoms with Gasteiger partial charge in [0.2, 0.25) is 0 Å². The molecule has 0 aliphatic carbocycles. The molecule has 0 amide bonds. The number of rotatable bonds is 48. The maximum Gasteiger partial charge on any atom is 0.306 e. The van der Waals surface area contributed by atoms with E-state index in [1.807, 2.05) is 21.1 Å². The van der Waals surface area contributed by atoms with Crippen molar-refractivity contribution in [1.29, 1.82) is 0 Å². The van der Waals surface area contributed by atoms with E-state index < -0.39 is 24.3 Å². The van der Waals surface area contributed by atoms with Crippen LogP contribution in [0.4, 0.5) is 0 Å². The van der Waals surface area contributed by atoms with E-state index in [2.05, 4.69) is 86.8 Å². The van der Waals surface area contributed by atoms with Crippen LogP contribution in [0.25, 0.3) is 0 Å². The molecule has 0 aromatic heterocycles. The van der Waals surface area contributed by atoms with Crippen LogP contribution in [0.15, 0.2) is 72.9 Å². The molecule has 0 radical (unpaired) electrons. The number of nitrogens with zero attached hydrogens (tertiary/aromatic N) is 1. The minimum atomic E-state index is -1.63. The molecule has 2 atom stereocenters. The van der Waals surface area contributed by atoms with Gasteiger partial charge in [0.25, 0.3) is 0 Å². The summed E-state index contributed by atoms with van der Waals surface area (Å²) in [5.74, 6) is -2.31. The van der Waals surface area contributed by atoms with Crippen LogP contribution >= 0.6 is 0 Å². The fourth-order valence-electron chi connectivity index (χ4n) is 7.09. The maximum absolute atomic E-state index is 12.8. The Bertz CT molecular complexity index is 1310. The summed E-state index contributed by atoms with van der Waals surface area (Å²) in [6.07, 6.45) is 57.9. The Morgan fingerprint density at radius 3 is 1.29 bits per heavy atom. The van der Waals surface area contributed by atoms with Gasteiger partial charge in [-0.1, -0.05) is 189 Å². The van der Waals surface area contributed by atoms with Gasteiger partial charge in [-0.3, -0.25) is 9.59 Å². The van der Waals surface area contributed by atoms with Crippen molar-refractivity contribution in [3.05, 3.63) is 72.9 Å². The Morgan fingerprint density at radius 1 is 0.470 bits per heavy atom. The third-order valence-corrected chi connectivity index (χ3v) is 11.2. The predicted molar refractivity (Wildman–Crippen MR) is 274 cm³/mol. The quantitative estimate of drug-likeness (QED) is 0.0195. The highest BCUT2D eigenvalue weighted by molar-refractivity contribution is 5.70. The van der Waals surface area contributed by atoms with Crippen molar-refractivity contribution in [2.45, 2.75) is 225 Å². The number of allylic oxidation sites excluding steroid dienone is 12. The van der Waals surface area contributed by atoms with E-state index in [0.29, 0.717) is 17.4 Å². The van der Waals surface area contributed by atoms with Crippen LogP contribution in [0.2, 0.25) is 0 Å². The maximum atomic E-state index is 12.8. The molecule has 0 bridgehead atoms. The molecule has 0 saturated heterocycles. The number of carbonyl (C=O) groups excluding carboxylic acids is 3. The van der Waals surface area contributed by atoms with Gasteiger partial charge in [-0.15, -0.1) is 0 Å². The highest BCUT2D eigenvalue weighted by Crippen LogP contribution is 2.15. The fourth-order valence-corrected chi connectivity index (χ4v) is 7.09. The topological polar surface area (TPSA) is 111 Å². The Morgan fingerprint density at radius 2 is 0.864 bits per heavy atom. The number of carboxylic acid groups (broad SMARTS) is 1. The Kier molecular flexibility index (Phi) is 45.8. The van der Waals surface area contributed by atoms with Crippen LogP contribution in [0.5, 0.6) is 0 Å². The monoisotopic (exact) mass is 926 g/mol. The third-order valence-electron chi connectivity index (χ3n) is 11.2. The number of ether oxygens (including phenoxy) is 4. The van der Waals surface area contributed by atoms with Crippen molar-refractivity contribution in [2.24, 2.45) is 0 Å². The highest BCUT2D eigenvalue weighted by Gasteiger charge is 2.22. The molecule has 0 heterocycles. The van der Waals surface area contributed by atoms with Crippen molar-refractivity contribution in [2.75, 3.05) is 47.5 Å². The first kappa shape index (κ1) is 62.7. The lowest BCUT2D eigenvalue weighted by atomic mass is 10.0. The van der Waals surface area contributed by atoms with Gasteiger partial charge in [-0.2, -0.15) is 0 Å². The first-order valence-electron chi connectivity index (χ1n) is 26.6. The number of aliphatic carboxylic acids is 1. The number of unbranched alkanes of at least 4 members (excludes halogenated alkanes) is 21. The third kappa shape index (κ3) is 48.7. The van der Waals surface area contributed by atoms with Crippen LogP contribution < -0.4 is 5.11 Å². The number of carboxylic acids is 1. The number of esters is 2. The lowest BCUT2D eigenvalue weighted by Crippen LogP contribution is -2.44. The summed E-state index contributed by atoms with van der Waals surface area (Å²) >= 11 is 0. The van der Waals surface area contributed by atoms with Gasteiger partial charge in [-0.05, 0) is 83.5 Å². The van der Waals surface area contributed by atoms with Crippen molar-refractivity contribution >= 4 is 17.9 Å². The van der Waals surface area contributed by atoms with Gasteiger partial charge in [0.15, 0.2) is 12.4 Å². The molecular weight excluding hydrogens is 827 g/mol. The Balaban J connectivity index is 4.31. The Labute approximate surface area is 405 Å². The summed E-state index contributed by atoms with van der Waals surface area (Å²) in [7, 11) is 5.91. The molecule has 0 fully saturated rings. The second-order valence-corrected chi connectivity index (χ2v) is 18.8. The largest absolute Gasteiger partial charge is 0.545 e. The van der Waals surface area contributed by atoms with Crippen molar-refractivity contribution in [3.8, 4) is 0 Å². The normalized spacial score (nSPS) is 13.4. The number of hydrogen-bond acceptors (Lipinski definition) is 8. The zero-order chi connectivity index (χ0) is 48.4. The zero-order valence-electron chi connectivity index (χ0n) is 43.0. The molecular formula is C57H99NO8. The van der Waals surface area contributed by atoms with E-state index in [4.69, 9.17) is 18.9 Å². The smallest absolute Gasteiger partial charge is 0.306 e. The molecule has 9 heteroatoms. The van der Waals surface area contributed by atoms with Gasteiger partial charge >= 0.3 is 11.9 Å². The molecule has 0 aromatic carbocycles. The van der Waals surface area contributed by atoms with Crippen molar-refractivity contribution in [1.82, 2.24) is 0 Å². The van der Waals surface area contributed by atoms with E-state index in [1.54, 1.807) is 0 Å². The summed E-state index contributed by atoms with van der Waals surface area (Å²) in [6, 6.07) is 0. The lowest BCUT2D eigenvalue weighted by Gasteiger charge is -2.26. The fraction of sp³-hybridized carbons (Fsp3) is 0.737. The molecule has 0 aliphatic rings. The van der Waals surface area contributed by atoms with Gasteiger partial charge < -0.3 is 33.3 Å². The van der Waals surface area contributed by atoms with Crippen LogP contribution in [-0.2, 0) is 33.3 Å². The average molecular weight is 926 g/mol.